The Morgan fingerprint density at radius 1 is 1.50 bits per heavy atom. The molecule has 18 heavy (non-hydrogen) atoms. The van der Waals surface area contributed by atoms with Crippen molar-refractivity contribution in [2.45, 2.75) is 25.8 Å². The Bertz CT molecular complexity index is 620. The Balaban J connectivity index is 2.19. The van der Waals surface area contributed by atoms with Gasteiger partial charge in [-0.15, -0.1) is 0 Å². The number of oxazole rings is 1. The Morgan fingerprint density at radius 3 is 3.00 bits per heavy atom. The van der Waals surface area contributed by atoms with Gasteiger partial charge in [-0.2, -0.15) is 0 Å². The summed E-state index contributed by atoms with van der Waals surface area (Å²) in [5.74, 6) is -0.330. The van der Waals surface area contributed by atoms with E-state index in [-0.39, 0.29) is 11.8 Å². The third kappa shape index (κ3) is 2.71. The van der Waals surface area contributed by atoms with E-state index >= 15 is 0 Å². The van der Waals surface area contributed by atoms with Crippen LogP contribution in [0.2, 0.25) is 0 Å². The van der Waals surface area contributed by atoms with E-state index in [1.165, 1.54) is 4.57 Å². The molecule has 4 nitrogen and oxygen atoms in total. The summed E-state index contributed by atoms with van der Waals surface area (Å²) in [7, 11) is 1.71. The van der Waals surface area contributed by atoms with E-state index in [0.29, 0.717) is 5.58 Å². The summed E-state index contributed by atoms with van der Waals surface area (Å²) in [5.41, 5.74) is 8.18. The van der Waals surface area contributed by atoms with Crippen molar-refractivity contribution in [3.63, 3.8) is 0 Å². The lowest BCUT2D eigenvalue weighted by Crippen LogP contribution is -2.13. The highest BCUT2D eigenvalue weighted by Gasteiger charge is 2.04. The number of aryl methyl sites for hydroxylation is 1. The van der Waals surface area contributed by atoms with Gasteiger partial charge < -0.3 is 10.2 Å². The Labute approximate surface area is 106 Å². The third-order valence-corrected chi connectivity index (χ3v) is 2.91. The molecule has 0 aliphatic carbocycles. The van der Waals surface area contributed by atoms with Gasteiger partial charge >= 0.3 is 5.76 Å². The molecule has 0 spiro atoms. The summed E-state index contributed by atoms with van der Waals surface area (Å²) in [5, 5.41) is 0. The summed E-state index contributed by atoms with van der Waals surface area (Å²) in [6.45, 7) is 2.00. The van der Waals surface area contributed by atoms with Crippen LogP contribution in [0.5, 0.6) is 0 Å². The number of benzene rings is 1. The van der Waals surface area contributed by atoms with Crippen molar-refractivity contribution in [3.8, 4) is 0 Å². The van der Waals surface area contributed by atoms with Crippen LogP contribution in [0, 0.1) is 0 Å². The molecule has 1 unspecified atom stereocenters. The number of nitrogens with two attached hydrogens (primary N) is 1. The zero-order valence-corrected chi connectivity index (χ0v) is 10.7. The average Bonchev–Trinajstić information content (AvgIpc) is 2.61. The van der Waals surface area contributed by atoms with Crippen molar-refractivity contribution < 1.29 is 4.42 Å². The van der Waals surface area contributed by atoms with E-state index < -0.39 is 0 Å². The van der Waals surface area contributed by atoms with Gasteiger partial charge in [0.25, 0.3) is 0 Å². The normalized spacial score (nSPS) is 13.5. The van der Waals surface area contributed by atoms with Gasteiger partial charge in [0.2, 0.25) is 0 Å². The summed E-state index contributed by atoms with van der Waals surface area (Å²) < 4.78 is 6.59. The Kier molecular flexibility index (Phi) is 3.67. The van der Waals surface area contributed by atoms with Crippen molar-refractivity contribution in [1.29, 1.82) is 0 Å². The first kappa shape index (κ1) is 12.6. The molecule has 96 valence electrons. The minimum Gasteiger partial charge on any atom is -0.408 e. The zero-order chi connectivity index (χ0) is 13.1. The Morgan fingerprint density at radius 2 is 2.28 bits per heavy atom. The highest BCUT2D eigenvalue weighted by atomic mass is 16.4. The first-order valence-corrected chi connectivity index (χ1v) is 6.09. The molecule has 0 amide bonds. The van der Waals surface area contributed by atoms with Crippen LogP contribution in [-0.4, -0.2) is 10.6 Å². The molecule has 2 rings (SSSR count). The quantitative estimate of drug-likeness (QED) is 0.900. The van der Waals surface area contributed by atoms with Gasteiger partial charge in [0.1, 0.15) is 0 Å². The predicted octanol–water partition coefficient (Wildman–Crippen LogP) is 2.27. The maximum Gasteiger partial charge on any atom is 0.419 e. The minimum absolute atomic E-state index is 0.229. The van der Waals surface area contributed by atoms with Crippen molar-refractivity contribution in [3.05, 3.63) is 40.4 Å². The standard InChI is InChI=1S/C14H18N2O2/c1-10(15)5-3-4-6-11-7-8-13-12(9-11)16(2)14(17)18-13/h4,6-10H,3,5,15H2,1-2H3/b6-4+. The molecular weight excluding hydrogens is 228 g/mol. The lowest BCUT2D eigenvalue weighted by molar-refractivity contribution is 0.528. The van der Waals surface area contributed by atoms with Crippen molar-refractivity contribution >= 4 is 17.2 Å². The van der Waals surface area contributed by atoms with Gasteiger partial charge in [0.15, 0.2) is 5.58 Å². The van der Waals surface area contributed by atoms with Gasteiger partial charge in [0, 0.05) is 13.1 Å². The maximum atomic E-state index is 11.3. The molecular formula is C14H18N2O2. The first-order chi connectivity index (χ1) is 8.58. The molecule has 0 saturated heterocycles. The van der Waals surface area contributed by atoms with E-state index in [1.54, 1.807) is 7.05 Å². The largest absolute Gasteiger partial charge is 0.419 e. The molecule has 1 aromatic carbocycles. The molecule has 1 atom stereocenters. The summed E-state index contributed by atoms with van der Waals surface area (Å²) in [4.78, 5) is 11.3. The maximum absolute atomic E-state index is 11.3. The Hall–Kier alpha value is -1.81. The fraction of sp³-hybridized carbons (Fsp3) is 0.357. The zero-order valence-electron chi connectivity index (χ0n) is 10.7. The second kappa shape index (κ2) is 5.23. The van der Waals surface area contributed by atoms with Crippen LogP contribution in [0.1, 0.15) is 25.3 Å². The fourth-order valence-corrected chi connectivity index (χ4v) is 1.83. The SMILES string of the molecule is CC(N)CC/C=C/c1ccc2oc(=O)n(C)c2c1. The number of hydrogen-bond acceptors (Lipinski definition) is 3. The van der Waals surface area contributed by atoms with E-state index in [0.717, 1.165) is 23.9 Å². The van der Waals surface area contributed by atoms with E-state index in [1.807, 2.05) is 31.2 Å². The van der Waals surface area contributed by atoms with Gasteiger partial charge in [-0.25, -0.2) is 4.79 Å². The monoisotopic (exact) mass is 246 g/mol. The van der Waals surface area contributed by atoms with Crippen LogP contribution in [-0.2, 0) is 7.05 Å². The molecule has 2 N–H and O–H groups in total. The number of allylic oxidation sites excluding steroid dienone is 1. The number of nitrogens with zero attached hydrogens (tertiary/aromatic N) is 1. The molecule has 4 heteroatoms. The second-order valence-corrected chi connectivity index (χ2v) is 4.61. The van der Waals surface area contributed by atoms with Gasteiger partial charge in [-0.1, -0.05) is 18.2 Å². The molecule has 0 radical (unpaired) electrons. The lowest BCUT2D eigenvalue weighted by atomic mass is 10.1. The number of fused-ring (bicyclic) bond motifs is 1. The van der Waals surface area contributed by atoms with E-state index in [4.69, 9.17) is 10.2 Å². The molecule has 0 fully saturated rings. The van der Waals surface area contributed by atoms with Crippen LogP contribution in [0.4, 0.5) is 0 Å². The lowest BCUT2D eigenvalue weighted by Gasteiger charge is -2.00. The molecule has 0 saturated carbocycles. The van der Waals surface area contributed by atoms with Crippen LogP contribution in [0.15, 0.2) is 33.5 Å². The highest BCUT2D eigenvalue weighted by molar-refractivity contribution is 5.76. The topological polar surface area (TPSA) is 61.2 Å². The molecule has 0 aliphatic rings. The molecule has 1 aromatic heterocycles. The van der Waals surface area contributed by atoms with Crippen molar-refractivity contribution in [2.24, 2.45) is 12.8 Å². The third-order valence-electron chi connectivity index (χ3n) is 2.91. The van der Waals surface area contributed by atoms with Gasteiger partial charge in [-0.3, -0.25) is 4.57 Å². The molecule has 0 aliphatic heterocycles. The number of rotatable bonds is 4. The summed E-state index contributed by atoms with van der Waals surface area (Å²) >= 11 is 0. The van der Waals surface area contributed by atoms with E-state index in [9.17, 15) is 4.79 Å². The van der Waals surface area contributed by atoms with Crippen molar-refractivity contribution in [1.82, 2.24) is 4.57 Å². The summed E-state index contributed by atoms with van der Waals surface area (Å²) in [6.07, 6.45) is 6.07. The smallest absolute Gasteiger partial charge is 0.408 e. The predicted molar refractivity (Wildman–Crippen MR) is 73.4 cm³/mol. The second-order valence-electron chi connectivity index (χ2n) is 4.61. The molecule has 0 bridgehead atoms. The molecule has 2 aromatic rings. The average molecular weight is 246 g/mol. The van der Waals surface area contributed by atoms with Crippen LogP contribution < -0.4 is 11.5 Å². The molecule has 1 heterocycles. The minimum atomic E-state index is -0.330. The van der Waals surface area contributed by atoms with E-state index in [2.05, 4.69) is 6.08 Å². The van der Waals surface area contributed by atoms with Crippen LogP contribution in [0.25, 0.3) is 17.2 Å². The highest BCUT2D eigenvalue weighted by Crippen LogP contribution is 2.15. The van der Waals surface area contributed by atoms with Crippen molar-refractivity contribution in [2.75, 3.05) is 0 Å². The number of aromatic nitrogens is 1. The first-order valence-electron chi connectivity index (χ1n) is 6.09. The van der Waals surface area contributed by atoms with Gasteiger partial charge in [-0.05, 0) is 37.5 Å². The van der Waals surface area contributed by atoms with Crippen LogP contribution >= 0.6 is 0 Å². The van der Waals surface area contributed by atoms with Crippen LogP contribution in [0.3, 0.4) is 0 Å². The van der Waals surface area contributed by atoms with Gasteiger partial charge in [0.05, 0.1) is 5.52 Å². The fourth-order valence-electron chi connectivity index (χ4n) is 1.83. The number of hydrogen-bond donors (Lipinski definition) is 1. The summed E-state index contributed by atoms with van der Waals surface area (Å²) in [6, 6.07) is 5.94.